The highest BCUT2D eigenvalue weighted by Gasteiger charge is 2.29. The van der Waals surface area contributed by atoms with Crippen LogP contribution in [0, 0.1) is 6.92 Å². The van der Waals surface area contributed by atoms with E-state index < -0.39 is 6.04 Å². The van der Waals surface area contributed by atoms with Crippen LogP contribution in [0.25, 0.3) is 22.4 Å². The summed E-state index contributed by atoms with van der Waals surface area (Å²) in [6.45, 7) is 6.51. The lowest BCUT2D eigenvalue weighted by Gasteiger charge is -2.34. The van der Waals surface area contributed by atoms with Gasteiger partial charge in [-0.2, -0.15) is 10.2 Å². The van der Waals surface area contributed by atoms with Gasteiger partial charge in [0.25, 0.3) is 5.56 Å². The van der Waals surface area contributed by atoms with E-state index in [-0.39, 0.29) is 11.5 Å². The Labute approximate surface area is 191 Å². The van der Waals surface area contributed by atoms with Gasteiger partial charge in [0.1, 0.15) is 16.9 Å². The quantitative estimate of drug-likeness (QED) is 0.480. The Bertz CT molecular complexity index is 1350. The monoisotopic (exact) mass is 445 g/mol. The summed E-state index contributed by atoms with van der Waals surface area (Å²) in [4.78, 5) is 31.0. The zero-order valence-electron chi connectivity index (χ0n) is 19.0. The third-order valence-corrected chi connectivity index (χ3v) is 6.27. The number of aromatic nitrogens is 5. The SMILES string of the molecule is Cc1nn([C@H](C)C(=O)N2CCN(C)CC2)c(=O)c2c(-n3cccc3)n(-c3ccccc3)nc12. The molecule has 4 heterocycles. The average molecular weight is 446 g/mol. The number of nitrogens with zero attached hydrogens (tertiary/aromatic N) is 7. The van der Waals surface area contributed by atoms with Crippen molar-refractivity contribution in [3.8, 4) is 11.5 Å². The van der Waals surface area contributed by atoms with E-state index in [1.807, 2.05) is 78.3 Å². The normalized spacial score (nSPS) is 15.8. The van der Waals surface area contributed by atoms with E-state index in [4.69, 9.17) is 5.10 Å². The molecule has 1 aromatic carbocycles. The molecule has 1 aliphatic rings. The van der Waals surface area contributed by atoms with Gasteiger partial charge in [-0.3, -0.25) is 9.59 Å². The van der Waals surface area contributed by atoms with Crippen molar-refractivity contribution in [2.45, 2.75) is 19.9 Å². The predicted octanol–water partition coefficient (Wildman–Crippen LogP) is 2.02. The molecule has 170 valence electrons. The van der Waals surface area contributed by atoms with Gasteiger partial charge >= 0.3 is 0 Å². The molecule has 1 amide bonds. The molecule has 9 heteroatoms. The van der Waals surface area contributed by atoms with E-state index in [0.717, 1.165) is 18.8 Å². The highest BCUT2D eigenvalue weighted by Crippen LogP contribution is 2.25. The van der Waals surface area contributed by atoms with Crippen LogP contribution in [0.5, 0.6) is 0 Å². The number of fused-ring (bicyclic) bond motifs is 1. The molecule has 0 saturated carbocycles. The Morgan fingerprint density at radius 2 is 1.64 bits per heavy atom. The second-order valence-electron chi connectivity index (χ2n) is 8.52. The van der Waals surface area contributed by atoms with Gasteiger partial charge in [0.15, 0.2) is 5.82 Å². The first kappa shape index (κ1) is 21.1. The fourth-order valence-electron chi connectivity index (χ4n) is 4.35. The number of rotatable bonds is 4. The summed E-state index contributed by atoms with van der Waals surface area (Å²) in [6, 6.07) is 12.8. The van der Waals surface area contributed by atoms with E-state index in [1.165, 1.54) is 4.68 Å². The van der Waals surface area contributed by atoms with Crippen LogP contribution in [-0.2, 0) is 4.79 Å². The molecule has 4 aromatic rings. The van der Waals surface area contributed by atoms with Crippen LogP contribution < -0.4 is 5.56 Å². The fourth-order valence-corrected chi connectivity index (χ4v) is 4.35. The molecule has 5 rings (SSSR count). The number of carbonyl (C=O) groups is 1. The lowest BCUT2D eigenvalue weighted by Crippen LogP contribution is -2.50. The maximum Gasteiger partial charge on any atom is 0.280 e. The Balaban J connectivity index is 1.67. The summed E-state index contributed by atoms with van der Waals surface area (Å²) < 4.78 is 4.96. The maximum atomic E-state index is 13.8. The van der Waals surface area contributed by atoms with Crippen LogP contribution in [0.2, 0.25) is 0 Å². The van der Waals surface area contributed by atoms with Crippen LogP contribution in [-0.4, -0.2) is 73.1 Å². The number of likely N-dealkylation sites (N-methyl/N-ethyl adjacent to an activating group) is 1. The molecule has 1 aliphatic heterocycles. The third kappa shape index (κ3) is 3.64. The molecule has 1 fully saturated rings. The molecule has 0 spiro atoms. The number of hydrogen-bond acceptors (Lipinski definition) is 5. The van der Waals surface area contributed by atoms with Gasteiger partial charge in [-0.25, -0.2) is 9.36 Å². The largest absolute Gasteiger partial charge is 0.338 e. The van der Waals surface area contributed by atoms with E-state index in [1.54, 1.807) is 11.6 Å². The summed E-state index contributed by atoms with van der Waals surface area (Å²) in [7, 11) is 2.04. The molecule has 1 atom stereocenters. The number of benzene rings is 1. The molecule has 9 nitrogen and oxygen atoms in total. The highest BCUT2D eigenvalue weighted by atomic mass is 16.2. The van der Waals surface area contributed by atoms with Gasteiger partial charge in [-0.1, -0.05) is 18.2 Å². The topological polar surface area (TPSA) is 81.2 Å². The van der Waals surface area contributed by atoms with Gasteiger partial charge in [0.05, 0.1) is 11.4 Å². The molecule has 0 N–H and O–H groups in total. The zero-order chi connectivity index (χ0) is 23.1. The molecule has 0 unspecified atom stereocenters. The van der Waals surface area contributed by atoms with Crippen molar-refractivity contribution in [3.05, 3.63) is 70.9 Å². The second kappa shape index (κ2) is 8.32. The highest BCUT2D eigenvalue weighted by molar-refractivity contribution is 5.88. The van der Waals surface area contributed by atoms with Gasteiger partial charge in [-0.15, -0.1) is 0 Å². The number of aryl methyl sites for hydroxylation is 1. The standard InChI is InChI=1S/C24H27N7O2/c1-17-21-20(22(28-11-7-8-12-28)31(26-21)19-9-5-4-6-10-19)24(33)30(25-17)18(2)23(32)29-15-13-27(3)14-16-29/h4-12,18H,13-16H2,1-3H3/t18-/m1/s1. The molecule has 0 bridgehead atoms. The van der Waals surface area contributed by atoms with Crippen LogP contribution >= 0.6 is 0 Å². The van der Waals surface area contributed by atoms with Crippen LogP contribution in [0.15, 0.2) is 59.7 Å². The van der Waals surface area contributed by atoms with Crippen molar-refractivity contribution in [2.75, 3.05) is 33.2 Å². The number of piperazine rings is 1. The first-order valence-corrected chi connectivity index (χ1v) is 11.1. The van der Waals surface area contributed by atoms with Gasteiger partial charge in [0.2, 0.25) is 5.91 Å². The first-order chi connectivity index (χ1) is 16.0. The third-order valence-electron chi connectivity index (χ3n) is 6.27. The smallest absolute Gasteiger partial charge is 0.280 e. The molecule has 33 heavy (non-hydrogen) atoms. The summed E-state index contributed by atoms with van der Waals surface area (Å²) in [5.41, 5.74) is 1.65. The lowest BCUT2D eigenvalue weighted by atomic mass is 10.2. The van der Waals surface area contributed by atoms with E-state index in [9.17, 15) is 9.59 Å². The zero-order valence-corrected chi connectivity index (χ0v) is 19.0. The minimum absolute atomic E-state index is 0.0885. The molecule has 0 radical (unpaired) electrons. The van der Waals surface area contributed by atoms with E-state index in [0.29, 0.717) is 35.5 Å². The molecular weight excluding hydrogens is 418 g/mol. The van der Waals surface area contributed by atoms with Crippen LogP contribution in [0.1, 0.15) is 18.7 Å². The average Bonchev–Trinajstić information content (AvgIpc) is 3.50. The fraction of sp³-hybridized carbons (Fsp3) is 0.333. The maximum absolute atomic E-state index is 13.8. The van der Waals surface area contributed by atoms with Crippen LogP contribution in [0.3, 0.4) is 0 Å². The molecule has 3 aromatic heterocycles. The van der Waals surface area contributed by atoms with Gasteiger partial charge in [-0.05, 0) is 45.2 Å². The van der Waals surface area contributed by atoms with Gasteiger partial charge in [0, 0.05) is 38.6 Å². The summed E-state index contributed by atoms with van der Waals surface area (Å²) in [5.74, 6) is 0.541. The molecular formula is C24H27N7O2. The summed E-state index contributed by atoms with van der Waals surface area (Å²) in [5, 5.41) is 9.73. The van der Waals surface area contributed by atoms with Crippen molar-refractivity contribution in [3.63, 3.8) is 0 Å². The summed E-state index contributed by atoms with van der Waals surface area (Å²) >= 11 is 0. The summed E-state index contributed by atoms with van der Waals surface area (Å²) in [6.07, 6.45) is 3.77. The minimum atomic E-state index is -0.707. The Morgan fingerprint density at radius 1 is 0.970 bits per heavy atom. The van der Waals surface area contributed by atoms with E-state index in [2.05, 4.69) is 10.00 Å². The lowest BCUT2D eigenvalue weighted by molar-refractivity contribution is -0.136. The van der Waals surface area contributed by atoms with Crippen molar-refractivity contribution < 1.29 is 4.79 Å². The van der Waals surface area contributed by atoms with E-state index >= 15 is 0 Å². The molecule has 1 saturated heterocycles. The predicted molar refractivity (Wildman–Crippen MR) is 126 cm³/mol. The number of hydrogen-bond donors (Lipinski definition) is 0. The molecule has 0 aliphatic carbocycles. The Kier molecular flexibility index (Phi) is 5.33. The van der Waals surface area contributed by atoms with Crippen molar-refractivity contribution in [1.29, 1.82) is 0 Å². The number of carbonyl (C=O) groups excluding carboxylic acids is 1. The van der Waals surface area contributed by atoms with Crippen molar-refractivity contribution >= 4 is 16.8 Å². The van der Waals surface area contributed by atoms with Gasteiger partial charge < -0.3 is 14.4 Å². The first-order valence-electron chi connectivity index (χ1n) is 11.1. The minimum Gasteiger partial charge on any atom is -0.338 e. The second-order valence-corrected chi connectivity index (χ2v) is 8.52. The van der Waals surface area contributed by atoms with Crippen LogP contribution in [0.4, 0.5) is 0 Å². The Morgan fingerprint density at radius 3 is 2.30 bits per heavy atom. The number of para-hydroxylation sites is 1. The van der Waals surface area contributed by atoms with Crippen molar-refractivity contribution in [1.82, 2.24) is 33.9 Å². The Hall–Kier alpha value is -3.72. The van der Waals surface area contributed by atoms with Crippen molar-refractivity contribution in [2.24, 2.45) is 0 Å². The number of amides is 1.